The Morgan fingerprint density at radius 1 is 1.29 bits per heavy atom. The van der Waals surface area contributed by atoms with Crippen molar-refractivity contribution >= 4 is 23.5 Å². The van der Waals surface area contributed by atoms with Crippen LogP contribution in [0.5, 0.6) is 0 Å². The first-order valence-corrected chi connectivity index (χ1v) is 9.16. The maximum absolute atomic E-state index is 3.70. The van der Waals surface area contributed by atoms with E-state index in [4.69, 9.17) is 0 Å². The van der Waals surface area contributed by atoms with Gasteiger partial charge in [0.2, 0.25) is 0 Å². The summed E-state index contributed by atoms with van der Waals surface area (Å²) in [7, 11) is 0. The Bertz CT molecular complexity index is 195. The Balaban J connectivity index is 2.31. The van der Waals surface area contributed by atoms with Crippen LogP contribution in [0.2, 0.25) is 0 Å². The van der Waals surface area contributed by atoms with Crippen molar-refractivity contribution in [1.29, 1.82) is 0 Å². The fraction of sp³-hybridized carbons (Fsp3) is 1.00. The summed E-state index contributed by atoms with van der Waals surface area (Å²) in [5, 5.41) is 4.55. The number of nitrogens with one attached hydrogen (secondary N) is 1. The second-order valence-electron chi connectivity index (χ2n) is 6.10. The van der Waals surface area contributed by atoms with Crippen LogP contribution in [0.25, 0.3) is 0 Å². The van der Waals surface area contributed by atoms with Crippen LogP contribution in [0.3, 0.4) is 0 Å². The molecule has 0 radical (unpaired) electrons. The minimum Gasteiger partial charge on any atom is -0.313 e. The summed E-state index contributed by atoms with van der Waals surface area (Å²) >= 11 is 4.32. The molecule has 1 heterocycles. The van der Waals surface area contributed by atoms with Crippen molar-refractivity contribution in [3.8, 4) is 0 Å². The lowest BCUT2D eigenvalue weighted by molar-refractivity contribution is 0.343. The summed E-state index contributed by atoms with van der Waals surface area (Å²) in [4.78, 5) is 0. The van der Waals surface area contributed by atoms with E-state index in [1.54, 1.807) is 0 Å². The third-order valence-corrected chi connectivity index (χ3v) is 6.12. The monoisotopic (exact) mass is 275 g/mol. The molecule has 0 bridgehead atoms. The van der Waals surface area contributed by atoms with Gasteiger partial charge in [0.15, 0.2) is 0 Å². The molecule has 1 fully saturated rings. The minimum atomic E-state index is 0.491. The summed E-state index contributed by atoms with van der Waals surface area (Å²) in [5.41, 5.74) is 0.491. The van der Waals surface area contributed by atoms with E-state index in [0.717, 1.165) is 17.8 Å². The van der Waals surface area contributed by atoms with Gasteiger partial charge in [0.05, 0.1) is 0 Å². The first-order chi connectivity index (χ1) is 8.03. The summed E-state index contributed by atoms with van der Waals surface area (Å²) < 4.78 is 0. The maximum Gasteiger partial charge on any atom is 0.0291 e. The number of hydrogen-bond donors (Lipinski definition) is 1. The predicted molar refractivity (Wildman–Crippen MR) is 84.3 cm³/mol. The molecule has 2 unspecified atom stereocenters. The Kier molecular flexibility index (Phi) is 7.36. The molecule has 1 N–H and O–H groups in total. The molecule has 1 aliphatic heterocycles. The summed E-state index contributed by atoms with van der Waals surface area (Å²) in [6.07, 6.45) is 4.06. The van der Waals surface area contributed by atoms with Gasteiger partial charge >= 0.3 is 0 Å². The molecule has 2 atom stereocenters. The van der Waals surface area contributed by atoms with Gasteiger partial charge in [-0.2, -0.15) is 23.5 Å². The molecule has 3 heteroatoms. The van der Waals surface area contributed by atoms with Crippen molar-refractivity contribution in [3.05, 3.63) is 0 Å². The van der Waals surface area contributed by atoms with Crippen molar-refractivity contribution in [2.24, 2.45) is 5.41 Å². The fourth-order valence-corrected chi connectivity index (χ4v) is 5.20. The normalized spacial score (nSPS) is 23.6. The Morgan fingerprint density at radius 2 is 2.06 bits per heavy atom. The van der Waals surface area contributed by atoms with Crippen LogP contribution in [-0.4, -0.2) is 35.1 Å². The van der Waals surface area contributed by atoms with Crippen LogP contribution in [0.15, 0.2) is 0 Å². The fourth-order valence-electron chi connectivity index (χ4n) is 2.27. The first kappa shape index (κ1) is 15.7. The van der Waals surface area contributed by atoms with E-state index in [9.17, 15) is 0 Å². The zero-order valence-corrected chi connectivity index (χ0v) is 13.6. The second kappa shape index (κ2) is 7.96. The highest BCUT2D eigenvalue weighted by Crippen LogP contribution is 2.29. The molecule has 0 aromatic carbocycles. The third-order valence-electron chi connectivity index (χ3n) is 3.20. The van der Waals surface area contributed by atoms with E-state index in [2.05, 4.69) is 56.5 Å². The molecule has 102 valence electrons. The number of hydrogen-bond acceptors (Lipinski definition) is 3. The molecule has 0 aromatic rings. The quantitative estimate of drug-likeness (QED) is 0.786. The van der Waals surface area contributed by atoms with Crippen molar-refractivity contribution in [2.75, 3.05) is 23.8 Å². The van der Waals surface area contributed by atoms with Crippen LogP contribution in [0.4, 0.5) is 0 Å². The van der Waals surface area contributed by atoms with Crippen LogP contribution in [0, 0.1) is 5.41 Å². The van der Waals surface area contributed by atoms with Gasteiger partial charge in [-0.25, -0.2) is 0 Å². The largest absolute Gasteiger partial charge is 0.313 e. The lowest BCUT2D eigenvalue weighted by atomic mass is 9.88. The molecule has 1 nitrogen and oxygen atoms in total. The second-order valence-corrected chi connectivity index (χ2v) is 8.60. The molecule has 0 aliphatic carbocycles. The molecular formula is C14H29NS2. The number of rotatable bonds is 6. The topological polar surface area (TPSA) is 12.0 Å². The molecule has 0 amide bonds. The first-order valence-electron chi connectivity index (χ1n) is 6.95. The van der Waals surface area contributed by atoms with Crippen LogP contribution in [-0.2, 0) is 0 Å². The Morgan fingerprint density at radius 3 is 2.59 bits per heavy atom. The van der Waals surface area contributed by atoms with Gasteiger partial charge in [-0.15, -0.1) is 0 Å². The van der Waals surface area contributed by atoms with E-state index in [1.807, 2.05) is 0 Å². The Labute approximate surface area is 116 Å². The lowest BCUT2D eigenvalue weighted by Gasteiger charge is -2.31. The molecule has 1 aliphatic rings. The van der Waals surface area contributed by atoms with E-state index in [0.29, 0.717) is 5.41 Å². The zero-order valence-electron chi connectivity index (χ0n) is 11.9. The molecule has 0 spiro atoms. The van der Waals surface area contributed by atoms with Gasteiger partial charge in [0, 0.05) is 28.6 Å². The third kappa shape index (κ3) is 6.97. The molecular weight excluding hydrogens is 246 g/mol. The SMILES string of the molecule is CCNC(CCCC(C)(C)C)C1CSCCS1. The van der Waals surface area contributed by atoms with E-state index in [1.165, 1.54) is 36.5 Å². The van der Waals surface area contributed by atoms with Crippen molar-refractivity contribution in [2.45, 2.75) is 58.2 Å². The average molecular weight is 276 g/mol. The van der Waals surface area contributed by atoms with Gasteiger partial charge in [0.1, 0.15) is 0 Å². The van der Waals surface area contributed by atoms with E-state index in [-0.39, 0.29) is 0 Å². The van der Waals surface area contributed by atoms with Crippen molar-refractivity contribution in [3.63, 3.8) is 0 Å². The number of thioether (sulfide) groups is 2. The average Bonchev–Trinajstić information content (AvgIpc) is 2.27. The molecule has 17 heavy (non-hydrogen) atoms. The van der Waals surface area contributed by atoms with Crippen LogP contribution >= 0.6 is 23.5 Å². The highest BCUT2D eigenvalue weighted by Gasteiger charge is 2.24. The van der Waals surface area contributed by atoms with E-state index >= 15 is 0 Å². The van der Waals surface area contributed by atoms with Crippen molar-refractivity contribution < 1.29 is 0 Å². The maximum atomic E-state index is 3.70. The molecule has 0 aromatic heterocycles. The van der Waals surface area contributed by atoms with Crippen molar-refractivity contribution in [1.82, 2.24) is 5.32 Å². The van der Waals surface area contributed by atoms with E-state index < -0.39 is 0 Å². The molecule has 1 rings (SSSR count). The zero-order chi connectivity index (χ0) is 12.7. The summed E-state index contributed by atoms with van der Waals surface area (Å²) in [6, 6.07) is 0.736. The van der Waals surface area contributed by atoms with Gasteiger partial charge in [-0.3, -0.25) is 0 Å². The summed E-state index contributed by atoms with van der Waals surface area (Å²) in [5.74, 6) is 4.04. The van der Waals surface area contributed by atoms with Gasteiger partial charge < -0.3 is 5.32 Å². The van der Waals surface area contributed by atoms with Crippen LogP contribution < -0.4 is 5.32 Å². The van der Waals surface area contributed by atoms with Gasteiger partial charge in [-0.1, -0.05) is 34.1 Å². The highest BCUT2D eigenvalue weighted by molar-refractivity contribution is 8.06. The molecule has 0 saturated carbocycles. The van der Waals surface area contributed by atoms with Crippen LogP contribution in [0.1, 0.15) is 47.0 Å². The minimum absolute atomic E-state index is 0.491. The molecule has 1 saturated heterocycles. The summed E-state index contributed by atoms with van der Waals surface area (Å²) in [6.45, 7) is 10.4. The Hall–Kier alpha value is 0.660. The highest BCUT2D eigenvalue weighted by atomic mass is 32.2. The predicted octanol–water partition coefficient (Wildman–Crippen LogP) is 4.03. The van der Waals surface area contributed by atoms with Gasteiger partial charge in [-0.05, 0) is 24.8 Å². The standard InChI is InChI=1S/C14H29NS2/c1-5-15-12(7-6-8-14(2,3)4)13-11-16-9-10-17-13/h12-13,15H,5-11H2,1-4H3. The lowest BCUT2D eigenvalue weighted by Crippen LogP contribution is -2.41. The van der Waals surface area contributed by atoms with Gasteiger partial charge in [0.25, 0.3) is 0 Å². The smallest absolute Gasteiger partial charge is 0.0291 e.